The van der Waals surface area contributed by atoms with E-state index in [1.807, 2.05) is 12.1 Å². The van der Waals surface area contributed by atoms with Crippen LogP contribution in [0.5, 0.6) is 0 Å². The standard InChI is InChI=1S/C24H24BrN3O5S/c1-32-23(31)17-4-7-19-20(14-17)26-24(34-15-21(29)16-2-5-18(25)6-3-16)28(22(19)30)9-8-27-10-12-33-13-11-27/h2-7,14H,8-13,15H2,1H3. The molecule has 0 saturated carbocycles. The predicted octanol–water partition coefficient (Wildman–Crippen LogP) is 3.25. The minimum Gasteiger partial charge on any atom is -0.465 e. The summed E-state index contributed by atoms with van der Waals surface area (Å²) in [6, 6.07) is 11.9. The Morgan fingerprint density at radius 3 is 2.50 bits per heavy atom. The lowest BCUT2D eigenvalue weighted by atomic mass is 10.1. The van der Waals surface area contributed by atoms with Crippen molar-refractivity contribution in [3.63, 3.8) is 0 Å². The molecule has 8 nitrogen and oxygen atoms in total. The summed E-state index contributed by atoms with van der Waals surface area (Å²) in [5, 5.41) is 0.858. The number of carbonyl (C=O) groups excluding carboxylic acids is 2. The fraction of sp³-hybridized carbons (Fsp3) is 0.333. The molecular formula is C24H24BrN3O5S. The van der Waals surface area contributed by atoms with Crippen LogP contribution in [0.1, 0.15) is 20.7 Å². The molecule has 0 spiro atoms. The van der Waals surface area contributed by atoms with Crippen molar-refractivity contribution < 1.29 is 19.1 Å². The summed E-state index contributed by atoms with van der Waals surface area (Å²) in [6.07, 6.45) is 0. The molecule has 1 fully saturated rings. The number of rotatable bonds is 8. The molecule has 2 heterocycles. The Hall–Kier alpha value is -2.53. The number of aromatic nitrogens is 2. The van der Waals surface area contributed by atoms with Gasteiger partial charge in [-0.25, -0.2) is 9.78 Å². The second kappa shape index (κ2) is 11.3. The number of benzene rings is 2. The minimum absolute atomic E-state index is 0.0603. The number of thioether (sulfide) groups is 1. The number of hydrogen-bond acceptors (Lipinski definition) is 8. The first-order valence-corrected chi connectivity index (χ1v) is 12.6. The monoisotopic (exact) mass is 545 g/mol. The van der Waals surface area contributed by atoms with E-state index in [1.54, 1.807) is 34.9 Å². The van der Waals surface area contributed by atoms with Gasteiger partial charge >= 0.3 is 5.97 Å². The minimum atomic E-state index is -0.500. The smallest absolute Gasteiger partial charge is 0.337 e. The zero-order valence-electron chi connectivity index (χ0n) is 18.7. The van der Waals surface area contributed by atoms with Crippen molar-refractivity contribution in [2.75, 3.05) is 45.7 Å². The summed E-state index contributed by atoms with van der Waals surface area (Å²) < 4.78 is 12.7. The quantitative estimate of drug-likeness (QED) is 0.184. The third kappa shape index (κ3) is 5.75. The highest BCUT2D eigenvalue weighted by Gasteiger charge is 2.18. The van der Waals surface area contributed by atoms with Gasteiger partial charge in [0.25, 0.3) is 5.56 Å². The van der Waals surface area contributed by atoms with Crippen LogP contribution in [0.3, 0.4) is 0 Å². The van der Waals surface area contributed by atoms with Crippen molar-refractivity contribution in [1.82, 2.24) is 14.5 Å². The van der Waals surface area contributed by atoms with Crippen molar-refractivity contribution in [3.05, 3.63) is 68.4 Å². The van der Waals surface area contributed by atoms with Crippen molar-refractivity contribution in [2.45, 2.75) is 11.7 Å². The number of morpholine rings is 1. The van der Waals surface area contributed by atoms with E-state index < -0.39 is 5.97 Å². The van der Waals surface area contributed by atoms with Crippen LogP contribution in [0.4, 0.5) is 0 Å². The summed E-state index contributed by atoms with van der Waals surface area (Å²) >= 11 is 4.59. The van der Waals surface area contributed by atoms with E-state index in [0.717, 1.165) is 17.6 Å². The van der Waals surface area contributed by atoms with E-state index in [9.17, 15) is 14.4 Å². The van der Waals surface area contributed by atoms with E-state index in [2.05, 4.69) is 25.8 Å². The summed E-state index contributed by atoms with van der Waals surface area (Å²) in [5.41, 5.74) is 1.10. The van der Waals surface area contributed by atoms with Gasteiger partial charge in [-0.1, -0.05) is 39.8 Å². The van der Waals surface area contributed by atoms with Crippen molar-refractivity contribution >= 4 is 50.3 Å². The lowest BCUT2D eigenvalue weighted by Gasteiger charge is -2.27. The number of carbonyl (C=O) groups is 2. The van der Waals surface area contributed by atoms with Gasteiger partial charge in [0.2, 0.25) is 0 Å². The Morgan fingerprint density at radius 1 is 1.09 bits per heavy atom. The average Bonchev–Trinajstić information content (AvgIpc) is 2.87. The largest absolute Gasteiger partial charge is 0.465 e. The predicted molar refractivity (Wildman–Crippen MR) is 134 cm³/mol. The Kier molecular flexibility index (Phi) is 8.15. The Morgan fingerprint density at radius 2 is 1.79 bits per heavy atom. The van der Waals surface area contributed by atoms with Crippen LogP contribution in [-0.2, 0) is 16.0 Å². The van der Waals surface area contributed by atoms with Crippen LogP contribution >= 0.6 is 27.7 Å². The zero-order chi connectivity index (χ0) is 24.1. The van der Waals surface area contributed by atoms with Crippen LogP contribution in [0.15, 0.2) is 56.9 Å². The van der Waals surface area contributed by atoms with E-state index in [1.165, 1.54) is 18.9 Å². The number of Topliss-reactive ketones (excluding diaryl/α,β-unsaturated/α-hetero) is 1. The normalized spacial score (nSPS) is 14.3. The lowest BCUT2D eigenvalue weighted by molar-refractivity contribution is 0.0359. The molecule has 34 heavy (non-hydrogen) atoms. The molecular weight excluding hydrogens is 522 g/mol. The molecule has 0 amide bonds. The number of hydrogen-bond donors (Lipinski definition) is 0. The number of esters is 1. The maximum absolute atomic E-state index is 13.4. The maximum Gasteiger partial charge on any atom is 0.337 e. The van der Waals surface area contributed by atoms with Crippen LogP contribution in [0, 0.1) is 0 Å². The highest BCUT2D eigenvalue weighted by molar-refractivity contribution is 9.10. The molecule has 1 aromatic heterocycles. The van der Waals surface area contributed by atoms with Crippen LogP contribution < -0.4 is 5.56 Å². The van der Waals surface area contributed by atoms with E-state index >= 15 is 0 Å². The third-order valence-electron chi connectivity index (χ3n) is 5.58. The van der Waals surface area contributed by atoms with Crippen LogP contribution in [-0.4, -0.2) is 71.9 Å². The van der Waals surface area contributed by atoms with Gasteiger partial charge in [0.05, 0.1) is 42.5 Å². The molecule has 1 aliphatic rings. The molecule has 0 aliphatic carbocycles. The van der Waals surface area contributed by atoms with Crippen molar-refractivity contribution in [1.29, 1.82) is 0 Å². The van der Waals surface area contributed by atoms with Crippen LogP contribution in [0.25, 0.3) is 10.9 Å². The van der Waals surface area contributed by atoms with Gasteiger partial charge in [0.1, 0.15) is 0 Å². The maximum atomic E-state index is 13.4. The molecule has 1 saturated heterocycles. The van der Waals surface area contributed by atoms with Gasteiger partial charge in [-0.15, -0.1) is 0 Å². The Balaban J connectivity index is 1.64. The molecule has 0 unspecified atom stereocenters. The third-order valence-corrected chi connectivity index (χ3v) is 7.09. The first-order chi connectivity index (χ1) is 16.5. The molecule has 0 bridgehead atoms. The number of nitrogens with zero attached hydrogens (tertiary/aromatic N) is 3. The van der Waals surface area contributed by atoms with Crippen molar-refractivity contribution in [3.8, 4) is 0 Å². The molecule has 2 aromatic carbocycles. The summed E-state index contributed by atoms with van der Waals surface area (Å²) in [5.74, 6) is -0.428. The molecule has 10 heteroatoms. The van der Waals surface area contributed by atoms with Gasteiger partial charge in [-0.05, 0) is 30.3 Å². The Labute approximate surface area is 209 Å². The van der Waals surface area contributed by atoms with E-state index in [0.29, 0.717) is 53.5 Å². The van der Waals surface area contributed by atoms with Gasteiger partial charge in [0.15, 0.2) is 10.9 Å². The second-order valence-corrected chi connectivity index (χ2v) is 9.61. The number of methoxy groups -OCH3 is 1. The summed E-state index contributed by atoms with van der Waals surface area (Å²) in [4.78, 5) is 45.0. The molecule has 1 aliphatic heterocycles. The lowest BCUT2D eigenvalue weighted by Crippen LogP contribution is -2.39. The molecule has 0 atom stereocenters. The van der Waals surface area contributed by atoms with Gasteiger partial charge < -0.3 is 9.47 Å². The van der Waals surface area contributed by atoms with E-state index in [4.69, 9.17) is 9.47 Å². The first kappa shape index (κ1) is 24.6. The number of ketones is 1. The van der Waals surface area contributed by atoms with Gasteiger partial charge in [-0.2, -0.15) is 0 Å². The highest BCUT2D eigenvalue weighted by atomic mass is 79.9. The summed E-state index contributed by atoms with van der Waals surface area (Å²) in [7, 11) is 1.30. The SMILES string of the molecule is COC(=O)c1ccc2c(=O)n(CCN3CCOCC3)c(SCC(=O)c3ccc(Br)cc3)nc2c1. The van der Waals surface area contributed by atoms with Gasteiger partial charge in [-0.3, -0.25) is 19.1 Å². The van der Waals surface area contributed by atoms with E-state index in [-0.39, 0.29) is 17.1 Å². The first-order valence-electron chi connectivity index (χ1n) is 10.8. The number of ether oxygens (including phenoxy) is 2. The molecule has 3 aromatic rings. The number of halogens is 1. The molecule has 0 N–H and O–H groups in total. The molecule has 0 radical (unpaired) electrons. The average molecular weight is 546 g/mol. The summed E-state index contributed by atoms with van der Waals surface area (Å²) in [6.45, 7) is 4.07. The topological polar surface area (TPSA) is 90.7 Å². The fourth-order valence-corrected chi connectivity index (χ4v) is 4.85. The van der Waals surface area contributed by atoms with Crippen LogP contribution in [0.2, 0.25) is 0 Å². The Bertz CT molecular complexity index is 1260. The fourth-order valence-electron chi connectivity index (χ4n) is 3.67. The zero-order valence-corrected chi connectivity index (χ0v) is 21.1. The van der Waals surface area contributed by atoms with Gasteiger partial charge in [0, 0.05) is 36.2 Å². The second-order valence-electron chi connectivity index (χ2n) is 7.75. The molecule has 178 valence electrons. The highest BCUT2D eigenvalue weighted by Crippen LogP contribution is 2.21. The van der Waals surface area contributed by atoms with Crippen molar-refractivity contribution in [2.24, 2.45) is 0 Å². The number of fused-ring (bicyclic) bond motifs is 1. The molecule has 4 rings (SSSR count).